The largest absolute Gasteiger partial charge is 0.342 e. The van der Waals surface area contributed by atoms with Crippen molar-refractivity contribution in [2.75, 3.05) is 13.1 Å². The molecule has 172 valence electrons. The van der Waals surface area contributed by atoms with Crippen LogP contribution in [0.5, 0.6) is 0 Å². The van der Waals surface area contributed by atoms with Gasteiger partial charge in [0.05, 0.1) is 5.52 Å². The van der Waals surface area contributed by atoms with E-state index < -0.39 is 0 Å². The van der Waals surface area contributed by atoms with E-state index in [1.165, 1.54) is 12.1 Å². The van der Waals surface area contributed by atoms with E-state index in [1.54, 1.807) is 12.1 Å². The topological polar surface area (TPSA) is 38.1 Å². The van der Waals surface area contributed by atoms with Gasteiger partial charge in [0.2, 0.25) is 5.91 Å². The molecule has 2 fully saturated rings. The zero-order chi connectivity index (χ0) is 23.2. The number of fused-ring (bicyclic) bond motifs is 1. The van der Waals surface area contributed by atoms with Crippen LogP contribution in [0.1, 0.15) is 19.3 Å². The molecule has 0 unspecified atom stereocenters. The molecule has 0 N–H and O–H groups in total. The fraction of sp³-hybridized carbons (Fsp3) is 0.286. The summed E-state index contributed by atoms with van der Waals surface area (Å²) in [6.07, 6.45) is 3.13. The lowest BCUT2D eigenvalue weighted by Crippen LogP contribution is -2.30. The third kappa shape index (κ3) is 4.05. The smallest absolute Gasteiger partial charge is 0.225 e. The van der Waals surface area contributed by atoms with Gasteiger partial charge >= 0.3 is 0 Å². The molecular weight excluding hydrogens is 493 g/mol. The van der Waals surface area contributed by atoms with E-state index in [2.05, 4.69) is 55.7 Å². The first kappa shape index (κ1) is 21.5. The zero-order valence-corrected chi connectivity index (χ0v) is 20.3. The van der Waals surface area contributed by atoms with Gasteiger partial charge in [-0.1, -0.05) is 42.5 Å². The summed E-state index contributed by atoms with van der Waals surface area (Å²) in [5.74, 6) is 1.73. The molecule has 0 bridgehead atoms. The number of likely N-dealkylation sites (tertiary alicyclic amines) is 1. The molecule has 34 heavy (non-hydrogen) atoms. The number of imidazole rings is 1. The molecule has 0 spiro atoms. The maximum atomic E-state index is 13.3. The molecule has 0 radical (unpaired) electrons. The van der Waals surface area contributed by atoms with E-state index in [9.17, 15) is 9.18 Å². The molecule has 4 nitrogen and oxygen atoms in total. The Morgan fingerprint density at radius 1 is 0.941 bits per heavy atom. The molecule has 1 saturated heterocycles. The molecule has 1 aliphatic carbocycles. The Morgan fingerprint density at radius 2 is 1.62 bits per heavy atom. The van der Waals surface area contributed by atoms with Crippen molar-refractivity contribution in [3.63, 3.8) is 0 Å². The fourth-order valence-corrected chi connectivity index (χ4v) is 5.45. The van der Waals surface area contributed by atoms with Gasteiger partial charge in [-0.05, 0) is 76.5 Å². The average molecular weight is 518 g/mol. The van der Waals surface area contributed by atoms with Crippen molar-refractivity contribution >= 4 is 32.9 Å². The van der Waals surface area contributed by atoms with Crippen LogP contribution in [0.25, 0.3) is 33.5 Å². The Kier molecular flexibility index (Phi) is 5.48. The molecule has 3 aromatic carbocycles. The Bertz CT molecular complexity index is 1360. The number of rotatable bonds is 5. The fourth-order valence-electron chi connectivity index (χ4n) is 5.00. The second-order valence-corrected chi connectivity index (χ2v) is 10.3. The number of nitrogens with zero attached hydrogens (tertiary/aromatic N) is 3. The number of aromatic nitrogens is 2. The van der Waals surface area contributed by atoms with Gasteiger partial charge in [0.15, 0.2) is 0 Å². The van der Waals surface area contributed by atoms with Gasteiger partial charge in [0.25, 0.3) is 0 Å². The average Bonchev–Trinajstić information content (AvgIpc) is 3.49. The van der Waals surface area contributed by atoms with Gasteiger partial charge in [-0.3, -0.25) is 4.79 Å². The summed E-state index contributed by atoms with van der Waals surface area (Å²) < 4.78 is 16.6. The standard InChI is InChI=1S/C28H25BrFN3O/c29-24-2-1-3-25-26(24)31-27(21-6-4-19(5-7-21)20-10-12-23(30)13-11-20)33(25)17-18-14-15-32(16-18)28(34)22-8-9-22/h1-7,10-13,18,22H,8-9,14-17H2/t18-/m0/s1. The lowest BCUT2D eigenvalue weighted by atomic mass is 10.0. The van der Waals surface area contributed by atoms with Gasteiger partial charge in [-0.2, -0.15) is 0 Å². The summed E-state index contributed by atoms with van der Waals surface area (Å²) in [6.45, 7) is 2.51. The predicted molar refractivity (Wildman–Crippen MR) is 136 cm³/mol. The molecule has 2 heterocycles. The van der Waals surface area contributed by atoms with Crippen LogP contribution in [0.15, 0.2) is 71.2 Å². The minimum Gasteiger partial charge on any atom is -0.342 e. The minimum atomic E-state index is -0.232. The third-order valence-electron chi connectivity index (χ3n) is 7.02. The number of hydrogen-bond donors (Lipinski definition) is 0. The van der Waals surface area contributed by atoms with Crippen LogP contribution in [0, 0.1) is 17.7 Å². The van der Waals surface area contributed by atoms with Crippen molar-refractivity contribution in [1.82, 2.24) is 14.5 Å². The van der Waals surface area contributed by atoms with Gasteiger partial charge in [-0.15, -0.1) is 0 Å². The van der Waals surface area contributed by atoms with Crippen LogP contribution in [0.2, 0.25) is 0 Å². The number of carbonyl (C=O) groups is 1. The van der Waals surface area contributed by atoms with Crippen molar-refractivity contribution in [2.24, 2.45) is 11.8 Å². The van der Waals surface area contributed by atoms with Crippen LogP contribution < -0.4 is 0 Å². The van der Waals surface area contributed by atoms with E-state index in [0.29, 0.717) is 11.8 Å². The van der Waals surface area contributed by atoms with E-state index in [-0.39, 0.29) is 11.7 Å². The summed E-state index contributed by atoms with van der Waals surface area (Å²) in [4.78, 5) is 19.6. The number of amides is 1. The highest BCUT2D eigenvalue weighted by Gasteiger charge is 2.36. The monoisotopic (exact) mass is 517 g/mol. The molecule has 1 saturated carbocycles. The van der Waals surface area contributed by atoms with Crippen LogP contribution in [0.4, 0.5) is 4.39 Å². The van der Waals surface area contributed by atoms with E-state index in [1.807, 2.05) is 12.1 Å². The molecule has 1 aliphatic heterocycles. The summed E-state index contributed by atoms with van der Waals surface area (Å²) >= 11 is 3.67. The van der Waals surface area contributed by atoms with E-state index >= 15 is 0 Å². The van der Waals surface area contributed by atoms with Crippen LogP contribution in [-0.4, -0.2) is 33.4 Å². The SMILES string of the molecule is O=C(C1CC1)N1CC[C@H](Cn2c(-c3ccc(-c4ccc(F)cc4)cc3)nc3c(Br)cccc32)C1. The lowest BCUT2D eigenvalue weighted by molar-refractivity contribution is -0.131. The molecule has 1 amide bonds. The Balaban J connectivity index is 1.32. The molecule has 6 rings (SSSR count). The van der Waals surface area contributed by atoms with Crippen LogP contribution >= 0.6 is 15.9 Å². The van der Waals surface area contributed by atoms with Gasteiger partial charge in [0, 0.05) is 35.6 Å². The van der Waals surface area contributed by atoms with Crippen molar-refractivity contribution in [3.8, 4) is 22.5 Å². The van der Waals surface area contributed by atoms with E-state index in [4.69, 9.17) is 4.98 Å². The number of halogens is 2. The van der Waals surface area contributed by atoms with Crippen molar-refractivity contribution in [2.45, 2.75) is 25.8 Å². The highest BCUT2D eigenvalue weighted by molar-refractivity contribution is 9.10. The molecule has 1 aromatic heterocycles. The Hall–Kier alpha value is -2.99. The predicted octanol–water partition coefficient (Wildman–Crippen LogP) is 6.53. The maximum absolute atomic E-state index is 13.3. The molecule has 6 heteroatoms. The van der Waals surface area contributed by atoms with Crippen LogP contribution in [0.3, 0.4) is 0 Å². The van der Waals surface area contributed by atoms with Gasteiger partial charge in [0.1, 0.15) is 17.2 Å². The second-order valence-electron chi connectivity index (χ2n) is 9.45. The highest BCUT2D eigenvalue weighted by atomic mass is 79.9. The Morgan fingerprint density at radius 3 is 2.32 bits per heavy atom. The van der Waals surface area contributed by atoms with E-state index in [0.717, 1.165) is 76.9 Å². The number of hydrogen-bond acceptors (Lipinski definition) is 2. The first-order valence-electron chi connectivity index (χ1n) is 11.9. The zero-order valence-electron chi connectivity index (χ0n) is 18.8. The third-order valence-corrected chi connectivity index (χ3v) is 7.66. The number of carbonyl (C=O) groups excluding carboxylic acids is 1. The highest BCUT2D eigenvalue weighted by Crippen LogP contribution is 2.35. The minimum absolute atomic E-state index is 0.232. The molecule has 1 atom stereocenters. The number of benzene rings is 3. The maximum Gasteiger partial charge on any atom is 0.225 e. The molecule has 2 aliphatic rings. The van der Waals surface area contributed by atoms with Crippen molar-refractivity contribution in [1.29, 1.82) is 0 Å². The second kappa shape index (κ2) is 8.66. The van der Waals surface area contributed by atoms with Crippen LogP contribution in [-0.2, 0) is 11.3 Å². The van der Waals surface area contributed by atoms with Crippen molar-refractivity contribution < 1.29 is 9.18 Å². The van der Waals surface area contributed by atoms with Gasteiger partial charge in [-0.25, -0.2) is 9.37 Å². The Labute approximate surface area is 206 Å². The quantitative estimate of drug-likeness (QED) is 0.301. The summed E-state index contributed by atoms with van der Waals surface area (Å²) in [7, 11) is 0. The lowest BCUT2D eigenvalue weighted by Gasteiger charge is -2.18. The molecule has 4 aromatic rings. The summed E-state index contributed by atoms with van der Waals surface area (Å²) in [5, 5.41) is 0. The van der Waals surface area contributed by atoms with Gasteiger partial charge < -0.3 is 9.47 Å². The molecular formula is C28H25BrFN3O. The number of para-hydroxylation sites is 1. The van der Waals surface area contributed by atoms with Crippen molar-refractivity contribution in [3.05, 3.63) is 77.0 Å². The summed E-state index contributed by atoms with van der Waals surface area (Å²) in [6, 6.07) is 21.0. The normalized spacial score (nSPS) is 18.1. The summed E-state index contributed by atoms with van der Waals surface area (Å²) in [5.41, 5.74) is 5.11. The first-order valence-corrected chi connectivity index (χ1v) is 12.7. The first-order chi connectivity index (χ1) is 16.6.